The summed E-state index contributed by atoms with van der Waals surface area (Å²) in [4.78, 5) is 34.5. The van der Waals surface area contributed by atoms with Crippen molar-refractivity contribution in [2.24, 2.45) is 5.92 Å². The molecule has 0 saturated heterocycles. The van der Waals surface area contributed by atoms with Gasteiger partial charge in [-0.25, -0.2) is 9.59 Å². The molecule has 7 nitrogen and oxygen atoms in total. The van der Waals surface area contributed by atoms with Gasteiger partial charge in [0.25, 0.3) is 0 Å². The third-order valence-electron chi connectivity index (χ3n) is 3.14. The molecule has 1 aromatic rings. The van der Waals surface area contributed by atoms with Gasteiger partial charge in [-0.1, -0.05) is 13.0 Å². The monoisotopic (exact) mass is 295 g/mol. The lowest BCUT2D eigenvalue weighted by Gasteiger charge is -2.30. The van der Waals surface area contributed by atoms with Crippen molar-refractivity contribution >= 4 is 23.6 Å². The fourth-order valence-corrected chi connectivity index (χ4v) is 1.81. The number of rotatable bonds is 7. The van der Waals surface area contributed by atoms with Crippen LogP contribution in [0.3, 0.4) is 0 Å². The van der Waals surface area contributed by atoms with Crippen LogP contribution < -0.4 is 4.90 Å². The summed E-state index contributed by atoms with van der Waals surface area (Å²) in [5, 5.41) is 27.1. The summed E-state index contributed by atoms with van der Waals surface area (Å²) in [5.41, 5.74) is 0.371. The Morgan fingerprint density at radius 2 is 1.71 bits per heavy atom. The van der Waals surface area contributed by atoms with Gasteiger partial charge in [0.2, 0.25) is 0 Å². The average molecular weight is 295 g/mol. The van der Waals surface area contributed by atoms with E-state index in [0.717, 1.165) is 0 Å². The van der Waals surface area contributed by atoms with E-state index in [9.17, 15) is 14.4 Å². The Morgan fingerprint density at radius 3 is 2.19 bits per heavy atom. The molecule has 0 fully saturated rings. The fourth-order valence-electron chi connectivity index (χ4n) is 1.81. The van der Waals surface area contributed by atoms with Crippen LogP contribution in [0.1, 0.15) is 24.2 Å². The molecule has 0 amide bonds. The molecule has 0 aliphatic heterocycles. The predicted molar refractivity (Wildman–Crippen MR) is 74.6 cm³/mol. The Kier molecular flexibility index (Phi) is 5.29. The van der Waals surface area contributed by atoms with Crippen molar-refractivity contribution in [3.63, 3.8) is 0 Å². The van der Waals surface area contributed by atoms with E-state index in [0.29, 0.717) is 5.69 Å². The molecule has 0 aliphatic rings. The van der Waals surface area contributed by atoms with Crippen LogP contribution in [0.5, 0.6) is 0 Å². The molecule has 0 saturated carbocycles. The number of carbonyl (C=O) groups is 3. The molecule has 0 radical (unpaired) electrons. The number of aliphatic carboxylic acids is 2. The van der Waals surface area contributed by atoms with Crippen LogP contribution in [0.2, 0.25) is 0 Å². The average Bonchev–Trinajstić information content (AvgIpc) is 2.43. The number of carboxylic acids is 3. The van der Waals surface area contributed by atoms with Gasteiger partial charge >= 0.3 is 17.9 Å². The van der Waals surface area contributed by atoms with Gasteiger partial charge in [-0.2, -0.15) is 0 Å². The largest absolute Gasteiger partial charge is 0.481 e. The zero-order valence-corrected chi connectivity index (χ0v) is 11.7. The third-order valence-corrected chi connectivity index (χ3v) is 3.14. The number of nitrogens with zero attached hydrogens (tertiary/aromatic N) is 1. The first-order valence-corrected chi connectivity index (χ1v) is 6.29. The first kappa shape index (κ1) is 16.5. The second-order valence-electron chi connectivity index (χ2n) is 4.76. The van der Waals surface area contributed by atoms with E-state index in [1.165, 1.54) is 36.9 Å². The first-order chi connectivity index (χ1) is 9.73. The van der Waals surface area contributed by atoms with E-state index in [2.05, 4.69) is 0 Å². The molecule has 21 heavy (non-hydrogen) atoms. The smallest absolute Gasteiger partial charge is 0.335 e. The van der Waals surface area contributed by atoms with Crippen LogP contribution >= 0.6 is 0 Å². The Bertz CT molecular complexity index is 556. The molecular weight excluding hydrogens is 278 g/mol. The Balaban J connectivity index is 3.17. The number of anilines is 1. The predicted octanol–water partition coefficient (Wildman–Crippen LogP) is 1.39. The van der Waals surface area contributed by atoms with Gasteiger partial charge in [-0.05, 0) is 25.1 Å². The van der Waals surface area contributed by atoms with Crippen molar-refractivity contribution in [3.05, 3.63) is 29.8 Å². The number of carboxylic acid groups (broad SMARTS) is 3. The number of aromatic carboxylic acids is 1. The van der Waals surface area contributed by atoms with E-state index in [1.54, 1.807) is 6.07 Å². The summed E-state index contributed by atoms with van der Waals surface area (Å²) in [6.07, 6.45) is 0. The molecule has 2 atom stereocenters. The molecule has 2 unspecified atom stereocenters. The zero-order chi connectivity index (χ0) is 16.2. The topological polar surface area (TPSA) is 115 Å². The number of benzene rings is 1. The summed E-state index contributed by atoms with van der Waals surface area (Å²) in [6.45, 7) is 2.85. The van der Waals surface area contributed by atoms with Crippen LogP contribution in [0, 0.1) is 5.92 Å². The maximum atomic E-state index is 11.2. The van der Waals surface area contributed by atoms with Crippen molar-refractivity contribution in [1.29, 1.82) is 0 Å². The lowest BCUT2D eigenvalue weighted by molar-refractivity contribution is -0.142. The second-order valence-corrected chi connectivity index (χ2v) is 4.76. The molecule has 7 heteroatoms. The number of hydrogen-bond donors (Lipinski definition) is 3. The Hall–Kier alpha value is -2.57. The van der Waals surface area contributed by atoms with Gasteiger partial charge in [0.15, 0.2) is 0 Å². The lowest BCUT2D eigenvalue weighted by atomic mass is 10.1. The van der Waals surface area contributed by atoms with Gasteiger partial charge in [-0.15, -0.1) is 0 Å². The van der Waals surface area contributed by atoms with E-state index in [1.807, 2.05) is 0 Å². The normalized spacial score (nSPS) is 13.2. The highest BCUT2D eigenvalue weighted by Gasteiger charge is 2.25. The first-order valence-electron chi connectivity index (χ1n) is 6.29. The molecule has 1 aromatic carbocycles. The van der Waals surface area contributed by atoms with E-state index < -0.39 is 29.9 Å². The highest BCUT2D eigenvalue weighted by Crippen LogP contribution is 2.21. The van der Waals surface area contributed by atoms with E-state index in [4.69, 9.17) is 15.3 Å². The van der Waals surface area contributed by atoms with E-state index in [-0.39, 0.29) is 12.1 Å². The molecule has 0 aliphatic carbocycles. The summed E-state index contributed by atoms with van der Waals surface area (Å²) < 4.78 is 0. The van der Waals surface area contributed by atoms with Gasteiger partial charge in [0.05, 0.1) is 11.5 Å². The molecule has 3 N–H and O–H groups in total. The Morgan fingerprint density at radius 1 is 1.10 bits per heavy atom. The lowest BCUT2D eigenvalue weighted by Crippen LogP contribution is -2.43. The van der Waals surface area contributed by atoms with Crippen molar-refractivity contribution < 1.29 is 29.7 Å². The zero-order valence-electron chi connectivity index (χ0n) is 11.7. The van der Waals surface area contributed by atoms with Crippen molar-refractivity contribution in [1.82, 2.24) is 0 Å². The van der Waals surface area contributed by atoms with Crippen molar-refractivity contribution in [2.75, 3.05) is 11.4 Å². The SMILES string of the molecule is CC(CN(c1cccc(C(=O)O)c1)C(C)C(=O)O)C(=O)O. The quantitative estimate of drug-likeness (QED) is 0.696. The minimum atomic E-state index is -1.13. The molecule has 0 heterocycles. The maximum Gasteiger partial charge on any atom is 0.335 e. The minimum Gasteiger partial charge on any atom is -0.481 e. The van der Waals surface area contributed by atoms with Gasteiger partial charge < -0.3 is 20.2 Å². The van der Waals surface area contributed by atoms with Gasteiger partial charge in [0, 0.05) is 12.2 Å². The molecule has 0 spiro atoms. The standard InChI is InChI=1S/C14H17NO6/c1-8(12(16)17)7-15(9(2)13(18)19)11-5-3-4-10(6-11)14(20)21/h3-6,8-9H,7H2,1-2H3,(H,16,17)(H,18,19)(H,20,21). The van der Waals surface area contributed by atoms with Crippen LogP contribution in [0.4, 0.5) is 5.69 Å². The van der Waals surface area contributed by atoms with Crippen LogP contribution in [-0.2, 0) is 9.59 Å². The summed E-state index contributed by atoms with van der Waals surface area (Å²) in [7, 11) is 0. The highest BCUT2D eigenvalue weighted by atomic mass is 16.4. The second kappa shape index (κ2) is 6.74. The van der Waals surface area contributed by atoms with Crippen LogP contribution in [-0.4, -0.2) is 45.8 Å². The summed E-state index contributed by atoms with van der Waals surface area (Å²) in [5.74, 6) is -4.09. The fraction of sp³-hybridized carbons (Fsp3) is 0.357. The minimum absolute atomic E-state index is 0.0121. The molecule has 0 bridgehead atoms. The molecule has 1 rings (SSSR count). The van der Waals surface area contributed by atoms with Gasteiger partial charge in [-0.3, -0.25) is 4.79 Å². The van der Waals surface area contributed by atoms with Crippen LogP contribution in [0.25, 0.3) is 0 Å². The summed E-state index contributed by atoms with van der Waals surface area (Å²) >= 11 is 0. The van der Waals surface area contributed by atoms with Crippen molar-refractivity contribution in [3.8, 4) is 0 Å². The Labute approximate surface area is 121 Å². The highest BCUT2D eigenvalue weighted by molar-refractivity contribution is 5.89. The third kappa shape index (κ3) is 4.20. The summed E-state index contributed by atoms with van der Waals surface area (Å²) in [6, 6.07) is 4.79. The number of hydrogen-bond acceptors (Lipinski definition) is 4. The van der Waals surface area contributed by atoms with Gasteiger partial charge in [0.1, 0.15) is 6.04 Å². The van der Waals surface area contributed by atoms with E-state index >= 15 is 0 Å². The maximum absolute atomic E-state index is 11.2. The molecular formula is C14H17NO6. The van der Waals surface area contributed by atoms with Crippen LogP contribution in [0.15, 0.2) is 24.3 Å². The van der Waals surface area contributed by atoms with Crippen molar-refractivity contribution in [2.45, 2.75) is 19.9 Å². The molecule has 0 aromatic heterocycles. The molecule has 114 valence electrons.